The average molecular weight is 348 g/mol. The van der Waals surface area contributed by atoms with Crippen molar-refractivity contribution in [3.8, 4) is 17.4 Å². The van der Waals surface area contributed by atoms with E-state index in [9.17, 15) is 4.79 Å². The van der Waals surface area contributed by atoms with E-state index >= 15 is 0 Å². The van der Waals surface area contributed by atoms with Crippen molar-refractivity contribution in [3.63, 3.8) is 0 Å². The van der Waals surface area contributed by atoms with Gasteiger partial charge in [-0.1, -0.05) is 18.2 Å². The van der Waals surface area contributed by atoms with Crippen molar-refractivity contribution in [2.75, 3.05) is 12.4 Å². The quantitative estimate of drug-likeness (QED) is 0.723. The third-order valence-corrected chi connectivity index (χ3v) is 4.05. The molecule has 132 valence electrons. The highest BCUT2D eigenvalue weighted by Gasteiger charge is 2.09. The summed E-state index contributed by atoms with van der Waals surface area (Å²) in [5.41, 5.74) is 3.44. The first-order chi connectivity index (χ1) is 12.6. The molecule has 0 spiro atoms. The summed E-state index contributed by atoms with van der Waals surface area (Å²) in [5, 5.41) is 2.84. The highest BCUT2D eigenvalue weighted by Crippen LogP contribution is 2.30. The van der Waals surface area contributed by atoms with Gasteiger partial charge in [0.25, 0.3) is 5.91 Å². The largest absolute Gasteiger partial charge is 0.493 e. The molecule has 0 aliphatic heterocycles. The van der Waals surface area contributed by atoms with Gasteiger partial charge in [-0.05, 0) is 55.3 Å². The van der Waals surface area contributed by atoms with Crippen molar-refractivity contribution in [2.45, 2.75) is 13.8 Å². The number of hydrogen-bond acceptors (Lipinski definition) is 4. The molecule has 5 heteroatoms. The minimum absolute atomic E-state index is 0.173. The Morgan fingerprint density at radius 1 is 0.962 bits per heavy atom. The van der Waals surface area contributed by atoms with Crippen molar-refractivity contribution in [1.82, 2.24) is 4.98 Å². The van der Waals surface area contributed by atoms with E-state index in [4.69, 9.17) is 9.47 Å². The molecule has 0 atom stereocenters. The topological polar surface area (TPSA) is 60.5 Å². The zero-order chi connectivity index (χ0) is 18.5. The number of pyridine rings is 1. The van der Waals surface area contributed by atoms with Crippen molar-refractivity contribution in [3.05, 3.63) is 77.5 Å². The summed E-state index contributed by atoms with van der Waals surface area (Å²) in [5.74, 6) is 1.45. The van der Waals surface area contributed by atoms with Crippen molar-refractivity contribution >= 4 is 11.6 Å². The smallest absolute Gasteiger partial charge is 0.255 e. The molecule has 1 heterocycles. The van der Waals surface area contributed by atoms with Gasteiger partial charge in [-0.3, -0.25) is 4.79 Å². The zero-order valence-corrected chi connectivity index (χ0v) is 14.9. The number of aromatic nitrogens is 1. The van der Waals surface area contributed by atoms with E-state index in [0.717, 1.165) is 11.1 Å². The second-order valence-corrected chi connectivity index (χ2v) is 5.89. The lowest BCUT2D eigenvalue weighted by atomic mass is 10.1. The predicted octanol–water partition coefficient (Wildman–Crippen LogP) is 4.75. The third kappa shape index (κ3) is 4.00. The minimum atomic E-state index is -0.173. The van der Waals surface area contributed by atoms with E-state index in [2.05, 4.69) is 10.3 Å². The number of para-hydroxylation sites is 2. The van der Waals surface area contributed by atoms with E-state index in [0.29, 0.717) is 28.6 Å². The molecule has 5 nitrogen and oxygen atoms in total. The molecule has 0 bridgehead atoms. The van der Waals surface area contributed by atoms with Crippen LogP contribution in [0.2, 0.25) is 0 Å². The number of aryl methyl sites for hydroxylation is 2. The number of carbonyl (C=O) groups is 1. The van der Waals surface area contributed by atoms with Gasteiger partial charge < -0.3 is 14.8 Å². The first kappa shape index (κ1) is 17.5. The lowest BCUT2D eigenvalue weighted by molar-refractivity contribution is 0.102. The maximum absolute atomic E-state index is 12.4. The Balaban J connectivity index is 1.69. The highest BCUT2D eigenvalue weighted by atomic mass is 16.5. The van der Waals surface area contributed by atoms with E-state index in [1.165, 1.54) is 0 Å². The number of rotatable bonds is 5. The van der Waals surface area contributed by atoms with Gasteiger partial charge in [-0.15, -0.1) is 0 Å². The van der Waals surface area contributed by atoms with Gasteiger partial charge in [0.1, 0.15) is 0 Å². The van der Waals surface area contributed by atoms with E-state index < -0.39 is 0 Å². The molecule has 0 fully saturated rings. The van der Waals surface area contributed by atoms with E-state index in [-0.39, 0.29) is 5.91 Å². The van der Waals surface area contributed by atoms with E-state index in [1.54, 1.807) is 31.5 Å². The summed E-state index contributed by atoms with van der Waals surface area (Å²) in [6.45, 7) is 4.00. The SMILES string of the molecule is COc1ccccc1Oc1ccc(NC(=O)c2ccc(C)c(C)c2)cn1. The second kappa shape index (κ2) is 7.70. The Bertz CT molecular complexity index is 921. The van der Waals surface area contributed by atoms with Crippen molar-refractivity contribution < 1.29 is 14.3 Å². The monoisotopic (exact) mass is 348 g/mol. The molecule has 1 amide bonds. The van der Waals surface area contributed by atoms with Crippen molar-refractivity contribution in [2.24, 2.45) is 0 Å². The molecule has 0 saturated carbocycles. The van der Waals surface area contributed by atoms with Gasteiger partial charge in [-0.2, -0.15) is 0 Å². The third-order valence-electron chi connectivity index (χ3n) is 4.05. The number of nitrogens with one attached hydrogen (secondary N) is 1. The van der Waals surface area contributed by atoms with Crippen LogP contribution in [-0.2, 0) is 0 Å². The second-order valence-electron chi connectivity index (χ2n) is 5.89. The first-order valence-electron chi connectivity index (χ1n) is 8.22. The fourth-order valence-corrected chi connectivity index (χ4v) is 2.42. The summed E-state index contributed by atoms with van der Waals surface area (Å²) in [6.07, 6.45) is 1.56. The molecule has 1 N–H and O–H groups in total. The summed E-state index contributed by atoms with van der Waals surface area (Å²) < 4.78 is 11.0. The molecule has 0 aliphatic carbocycles. The standard InChI is InChI=1S/C21H20N2O3/c1-14-8-9-16(12-15(14)2)21(24)23-17-10-11-20(22-13-17)26-19-7-5-4-6-18(19)25-3/h4-13H,1-3H3,(H,23,24). The fraction of sp³-hybridized carbons (Fsp3) is 0.143. The molecular weight excluding hydrogens is 328 g/mol. The first-order valence-corrected chi connectivity index (χ1v) is 8.22. The van der Waals surface area contributed by atoms with Gasteiger partial charge >= 0.3 is 0 Å². The summed E-state index contributed by atoms with van der Waals surface area (Å²) in [4.78, 5) is 16.6. The minimum Gasteiger partial charge on any atom is -0.493 e. The van der Waals surface area contributed by atoms with Crippen LogP contribution in [0.4, 0.5) is 5.69 Å². The maximum atomic E-state index is 12.4. The summed E-state index contributed by atoms with van der Waals surface area (Å²) in [6, 6.07) is 16.4. The predicted molar refractivity (Wildman–Crippen MR) is 101 cm³/mol. The fourth-order valence-electron chi connectivity index (χ4n) is 2.42. The number of hydrogen-bond donors (Lipinski definition) is 1. The lowest BCUT2D eigenvalue weighted by Crippen LogP contribution is -2.12. The van der Waals surface area contributed by atoms with Crippen LogP contribution < -0.4 is 14.8 Å². The lowest BCUT2D eigenvalue weighted by Gasteiger charge is -2.10. The average Bonchev–Trinajstić information content (AvgIpc) is 2.66. The molecule has 0 radical (unpaired) electrons. The van der Waals surface area contributed by atoms with Gasteiger partial charge in [0.05, 0.1) is 19.0 Å². The molecule has 1 aromatic heterocycles. The Labute approximate surface area is 152 Å². The van der Waals surface area contributed by atoms with Gasteiger partial charge in [0.15, 0.2) is 11.5 Å². The molecule has 0 saturated heterocycles. The number of amides is 1. The molecule has 2 aromatic carbocycles. The van der Waals surface area contributed by atoms with E-state index in [1.807, 2.05) is 50.2 Å². The summed E-state index contributed by atoms with van der Waals surface area (Å²) >= 11 is 0. The van der Waals surface area contributed by atoms with Crippen LogP contribution in [0.5, 0.6) is 17.4 Å². The zero-order valence-electron chi connectivity index (χ0n) is 14.9. The molecule has 3 rings (SSSR count). The van der Waals surface area contributed by atoms with Crippen LogP contribution in [-0.4, -0.2) is 18.0 Å². The normalized spacial score (nSPS) is 10.3. The Morgan fingerprint density at radius 2 is 1.73 bits per heavy atom. The van der Waals surface area contributed by atoms with Crippen LogP contribution in [0.25, 0.3) is 0 Å². The molecule has 0 aliphatic rings. The number of anilines is 1. The van der Waals surface area contributed by atoms with Gasteiger partial charge in [0, 0.05) is 11.6 Å². The van der Waals surface area contributed by atoms with Crippen LogP contribution >= 0.6 is 0 Å². The number of ether oxygens (including phenoxy) is 2. The van der Waals surface area contributed by atoms with Crippen LogP contribution in [0.3, 0.4) is 0 Å². The summed E-state index contributed by atoms with van der Waals surface area (Å²) in [7, 11) is 1.58. The van der Waals surface area contributed by atoms with Gasteiger partial charge in [0.2, 0.25) is 5.88 Å². The molecule has 0 unspecified atom stereocenters. The number of benzene rings is 2. The molecule has 3 aromatic rings. The Morgan fingerprint density at radius 3 is 2.38 bits per heavy atom. The number of nitrogens with zero attached hydrogens (tertiary/aromatic N) is 1. The Hall–Kier alpha value is -3.34. The van der Waals surface area contributed by atoms with Gasteiger partial charge in [-0.25, -0.2) is 4.98 Å². The number of carbonyl (C=O) groups excluding carboxylic acids is 1. The van der Waals surface area contributed by atoms with Crippen molar-refractivity contribution in [1.29, 1.82) is 0 Å². The molecule has 26 heavy (non-hydrogen) atoms. The van der Waals surface area contributed by atoms with Crippen LogP contribution in [0.15, 0.2) is 60.8 Å². The highest BCUT2D eigenvalue weighted by molar-refractivity contribution is 6.04. The van der Waals surface area contributed by atoms with Crippen LogP contribution in [0.1, 0.15) is 21.5 Å². The maximum Gasteiger partial charge on any atom is 0.255 e. The number of methoxy groups -OCH3 is 1. The molecular formula is C21H20N2O3. The van der Waals surface area contributed by atoms with Crippen LogP contribution in [0, 0.1) is 13.8 Å². The Kier molecular flexibility index (Phi) is 5.17.